The van der Waals surface area contributed by atoms with Crippen molar-refractivity contribution in [3.05, 3.63) is 29.8 Å². The lowest BCUT2D eigenvalue weighted by atomic mass is 9.91. The lowest BCUT2D eigenvalue weighted by molar-refractivity contribution is -0.129. The van der Waals surface area contributed by atoms with Crippen LogP contribution in [0, 0.1) is 0 Å². The summed E-state index contributed by atoms with van der Waals surface area (Å²) in [5, 5.41) is 0. The van der Waals surface area contributed by atoms with Gasteiger partial charge in [0.15, 0.2) is 5.78 Å². The Labute approximate surface area is 93.6 Å². The van der Waals surface area contributed by atoms with Gasteiger partial charge in [-0.2, -0.15) is 0 Å². The molecular weight excluding hydrogens is 206 g/mol. The highest BCUT2D eigenvalue weighted by Crippen LogP contribution is 2.19. The fourth-order valence-corrected chi connectivity index (χ4v) is 1.42. The second-order valence-electron chi connectivity index (χ2n) is 3.69. The van der Waals surface area contributed by atoms with Gasteiger partial charge < -0.3 is 17.2 Å². The van der Waals surface area contributed by atoms with Crippen molar-refractivity contribution in [1.29, 1.82) is 0 Å². The summed E-state index contributed by atoms with van der Waals surface area (Å²) in [6.07, 6.45) is 0. The fraction of sp³-hybridized carbons (Fsp3) is 0.273. The van der Waals surface area contributed by atoms with Gasteiger partial charge in [-0.05, 0) is 24.6 Å². The Bertz CT molecular complexity index is 398. The number of hydrogen-bond donors (Lipinski definition) is 3. The van der Waals surface area contributed by atoms with Crippen molar-refractivity contribution in [2.75, 3.05) is 5.73 Å². The number of ketones is 1. The van der Waals surface area contributed by atoms with Crippen LogP contribution in [0.3, 0.4) is 0 Å². The Morgan fingerprint density at radius 1 is 1.19 bits per heavy atom. The number of rotatable bonds is 4. The standard InChI is InChI=1S/C11H15N3O2/c1-6(12)10(15)9(11(14)16)7-2-4-8(13)5-3-7/h2-6,9H,12-13H2,1H3,(H2,14,16)/t6-,9?/m0/s1. The van der Waals surface area contributed by atoms with E-state index in [9.17, 15) is 9.59 Å². The molecule has 6 N–H and O–H groups in total. The number of Topliss-reactive ketones (excluding diaryl/α,β-unsaturated/α-hetero) is 1. The predicted octanol–water partition coefficient (Wildman–Crippen LogP) is -0.246. The molecule has 5 nitrogen and oxygen atoms in total. The third-order valence-corrected chi connectivity index (χ3v) is 2.29. The lowest BCUT2D eigenvalue weighted by Gasteiger charge is -2.15. The van der Waals surface area contributed by atoms with Crippen molar-refractivity contribution in [2.24, 2.45) is 11.5 Å². The molecule has 1 aromatic carbocycles. The summed E-state index contributed by atoms with van der Waals surface area (Å²) in [5.41, 5.74) is 17.2. The maximum absolute atomic E-state index is 11.7. The average Bonchev–Trinajstić information content (AvgIpc) is 2.20. The topological polar surface area (TPSA) is 112 Å². The number of nitrogens with two attached hydrogens (primary N) is 3. The van der Waals surface area contributed by atoms with E-state index in [0.29, 0.717) is 11.3 Å². The molecule has 0 fully saturated rings. The van der Waals surface area contributed by atoms with Crippen LogP contribution in [0.1, 0.15) is 18.4 Å². The Balaban J connectivity index is 3.08. The molecule has 1 amide bonds. The van der Waals surface area contributed by atoms with Gasteiger partial charge in [0.1, 0.15) is 5.92 Å². The molecule has 0 spiro atoms. The van der Waals surface area contributed by atoms with Crippen LogP contribution in [0.4, 0.5) is 5.69 Å². The summed E-state index contributed by atoms with van der Waals surface area (Å²) in [5.74, 6) is -2.09. The minimum absolute atomic E-state index is 0.391. The molecule has 0 aliphatic carbocycles. The van der Waals surface area contributed by atoms with Crippen LogP contribution < -0.4 is 17.2 Å². The first-order valence-corrected chi connectivity index (χ1v) is 4.87. The molecule has 0 saturated heterocycles. The number of carbonyl (C=O) groups is 2. The molecule has 0 radical (unpaired) electrons. The number of carbonyl (C=O) groups excluding carboxylic acids is 2. The summed E-state index contributed by atoms with van der Waals surface area (Å²) < 4.78 is 0. The maximum Gasteiger partial charge on any atom is 0.232 e. The first-order valence-electron chi connectivity index (χ1n) is 4.87. The van der Waals surface area contributed by atoms with Crippen LogP contribution in [0.5, 0.6) is 0 Å². The Morgan fingerprint density at radius 3 is 2.06 bits per heavy atom. The molecule has 0 bridgehead atoms. The van der Waals surface area contributed by atoms with E-state index in [1.54, 1.807) is 24.3 Å². The molecule has 5 heteroatoms. The molecule has 1 aromatic rings. The van der Waals surface area contributed by atoms with Gasteiger partial charge in [0, 0.05) is 5.69 Å². The SMILES string of the molecule is C[C@H](N)C(=O)C(C(N)=O)c1ccc(N)cc1. The number of nitrogen functional groups attached to an aromatic ring is 1. The number of amides is 1. The highest BCUT2D eigenvalue weighted by atomic mass is 16.2. The summed E-state index contributed by atoms with van der Waals surface area (Å²) in [6, 6.07) is 5.70. The van der Waals surface area contributed by atoms with Crippen LogP contribution >= 0.6 is 0 Å². The van der Waals surface area contributed by atoms with Crippen molar-refractivity contribution < 1.29 is 9.59 Å². The molecule has 86 valence electrons. The summed E-state index contributed by atoms with van der Waals surface area (Å²) in [4.78, 5) is 23.0. The van der Waals surface area contributed by atoms with Gasteiger partial charge in [-0.25, -0.2) is 0 Å². The van der Waals surface area contributed by atoms with Crippen molar-refractivity contribution >= 4 is 17.4 Å². The fourth-order valence-electron chi connectivity index (χ4n) is 1.42. The molecule has 0 saturated carbocycles. The minimum Gasteiger partial charge on any atom is -0.399 e. The van der Waals surface area contributed by atoms with Crippen LogP contribution in [-0.2, 0) is 9.59 Å². The number of anilines is 1. The monoisotopic (exact) mass is 221 g/mol. The number of benzene rings is 1. The van der Waals surface area contributed by atoms with E-state index in [0.717, 1.165) is 0 Å². The summed E-state index contributed by atoms with van der Waals surface area (Å²) in [7, 11) is 0. The quantitative estimate of drug-likeness (QED) is 0.480. The first-order chi connectivity index (χ1) is 7.43. The van der Waals surface area contributed by atoms with E-state index >= 15 is 0 Å². The normalized spacial score (nSPS) is 14.1. The lowest BCUT2D eigenvalue weighted by Crippen LogP contribution is -2.38. The molecule has 0 aliphatic heterocycles. The van der Waals surface area contributed by atoms with E-state index in [-0.39, 0.29) is 0 Å². The second-order valence-corrected chi connectivity index (χ2v) is 3.69. The van der Waals surface area contributed by atoms with Gasteiger partial charge in [0.25, 0.3) is 0 Å². The highest BCUT2D eigenvalue weighted by Gasteiger charge is 2.28. The van der Waals surface area contributed by atoms with Gasteiger partial charge in [-0.3, -0.25) is 9.59 Å². The van der Waals surface area contributed by atoms with Crippen molar-refractivity contribution in [1.82, 2.24) is 0 Å². The molecule has 1 rings (SSSR count). The van der Waals surface area contributed by atoms with E-state index in [1.165, 1.54) is 6.92 Å². The maximum atomic E-state index is 11.7. The number of hydrogen-bond acceptors (Lipinski definition) is 4. The molecule has 16 heavy (non-hydrogen) atoms. The van der Waals surface area contributed by atoms with Gasteiger partial charge in [0.2, 0.25) is 5.91 Å². The predicted molar refractivity (Wildman–Crippen MR) is 61.4 cm³/mol. The van der Waals surface area contributed by atoms with Crippen LogP contribution in [-0.4, -0.2) is 17.7 Å². The van der Waals surface area contributed by atoms with Gasteiger partial charge in [-0.15, -0.1) is 0 Å². The Hall–Kier alpha value is -1.88. The zero-order valence-electron chi connectivity index (χ0n) is 9.01. The third kappa shape index (κ3) is 2.58. The Morgan fingerprint density at radius 2 is 1.69 bits per heavy atom. The van der Waals surface area contributed by atoms with Crippen LogP contribution in [0.15, 0.2) is 24.3 Å². The van der Waals surface area contributed by atoms with E-state index < -0.39 is 23.7 Å². The molecular formula is C11H15N3O2. The molecule has 0 heterocycles. The largest absolute Gasteiger partial charge is 0.399 e. The van der Waals surface area contributed by atoms with Crippen LogP contribution in [0.2, 0.25) is 0 Å². The minimum atomic E-state index is -0.999. The number of primary amides is 1. The van der Waals surface area contributed by atoms with Gasteiger partial charge >= 0.3 is 0 Å². The molecule has 0 aliphatic rings. The van der Waals surface area contributed by atoms with Crippen molar-refractivity contribution in [3.63, 3.8) is 0 Å². The highest BCUT2D eigenvalue weighted by molar-refractivity contribution is 6.08. The zero-order valence-corrected chi connectivity index (χ0v) is 9.01. The third-order valence-electron chi connectivity index (χ3n) is 2.29. The first kappa shape index (κ1) is 12.2. The van der Waals surface area contributed by atoms with Crippen molar-refractivity contribution in [2.45, 2.75) is 18.9 Å². The Kier molecular flexibility index (Phi) is 3.63. The molecule has 1 unspecified atom stereocenters. The van der Waals surface area contributed by atoms with Gasteiger partial charge in [0.05, 0.1) is 6.04 Å². The molecule has 0 aromatic heterocycles. The average molecular weight is 221 g/mol. The smallest absolute Gasteiger partial charge is 0.232 e. The van der Waals surface area contributed by atoms with Gasteiger partial charge in [-0.1, -0.05) is 12.1 Å². The molecule has 2 atom stereocenters. The summed E-state index contributed by atoms with van der Waals surface area (Å²) >= 11 is 0. The van der Waals surface area contributed by atoms with Crippen molar-refractivity contribution in [3.8, 4) is 0 Å². The summed E-state index contributed by atoms with van der Waals surface area (Å²) in [6.45, 7) is 1.52. The zero-order chi connectivity index (χ0) is 12.3. The van der Waals surface area contributed by atoms with E-state index in [1.807, 2.05) is 0 Å². The second kappa shape index (κ2) is 4.76. The van der Waals surface area contributed by atoms with E-state index in [2.05, 4.69) is 0 Å². The van der Waals surface area contributed by atoms with E-state index in [4.69, 9.17) is 17.2 Å². The van der Waals surface area contributed by atoms with Crippen LogP contribution in [0.25, 0.3) is 0 Å².